The number of allylic oxidation sites excluding steroid dienone is 3. The fourth-order valence-corrected chi connectivity index (χ4v) is 3.05. The number of aromatic hydroxyl groups is 1. The summed E-state index contributed by atoms with van der Waals surface area (Å²) >= 11 is 0. The van der Waals surface area contributed by atoms with Gasteiger partial charge in [0.25, 0.3) is 0 Å². The molecule has 0 amide bonds. The minimum Gasteiger partial charge on any atom is -0.507 e. The van der Waals surface area contributed by atoms with Crippen molar-refractivity contribution in [2.24, 2.45) is 5.92 Å². The molecule has 1 N–H and O–H groups in total. The first kappa shape index (κ1) is 16.9. The molecule has 1 aliphatic heterocycles. The third-order valence-corrected chi connectivity index (χ3v) is 4.46. The molecule has 1 heterocycles. The van der Waals surface area contributed by atoms with Gasteiger partial charge in [0.15, 0.2) is 0 Å². The van der Waals surface area contributed by atoms with Crippen LogP contribution in [0.1, 0.15) is 16.7 Å². The molecule has 4 rings (SSSR count). The largest absolute Gasteiger partial charge is 0.507 e. The first-order valence-electron chi connectivity index (χ1n) is 8.98. The molecule has 0 bridgehead atoms. The molecule has 2 heteroatoms. The Kier molecular flexibility index (Phi) is 4.88. The molecule has 0 fully saturated rings. The van der Waals surface area contributed by atoms with Gasteiger partial charge in [0.1, 0.15) is 17.3 Å². The third kappa shape index (κ3) is 4.01. The number of hydrogen-bond acceptors (Lipinski definition) is 2. The molecule has 1 aliphatic rings. The molecule has 3 aromatic carbocycles. The Hall–Kier alpha value is -3.52. The number of phenolic OH excluding ortho intramolecular Hbond substituents is 1. The zero-order valence-corrected chi connectivity index (χ0v) is 14.8. The topological polar surface area (TPSA) is 29.5 Å². The second-order valence-electron chi connectivity index (χ2n) is 6.39. The monoisotopic (exact) mass is 352 g/mol. The predicted molar refractivity (Wildman–Crippen MR) is 111 cm³/mol. The fourth-order valence-electron chi connectivity index (χ4n) is 3.05. The van der Waals surface area contributed by atoms with Crippen molar-refractivity contribution in [3.8, 4) is 5.75 Å². The second kappa shape index (κ2) is 7.79. The minimum atomic E-state index is 0.0590. The summed E-state index contributed by atoms with van der Waals surface area (Å²) in [5.41, 5.74) is 2.88. The van der Waals surface area contributed by atoms with E-state index < -0.39 is 0 Å². The highest BCUT2D eigenvalue weighted by atomic mass is 16.5. The Morgan fingerprint density at radius 3 is 1.74 bits per heavy atom. The summed E-state index contributed by atoms with van der Waals surface area (Å²) in [6, 6.07) is 27.5. The van der Waals surface area contributed by atoms with Crippen molar-refractivity contribution < 1.29 is 9.84 Å². The Balaban J connectivity index is 1.70. The molecule has 0 spiro atoms. The first-order valence-corrected chi connectivity index (χ1v) is 8.98. The van der Waals surface area contributed by atoms with E-state index in [0.29, 0.717) is 0 Å². The van der Waals surface area contributed by atoms with Gasteiger partial charge in [-0.1, -0.05) is 91.0 Å². The normalized spacial score (nSPS) is 14.5. The highest BCUT2D eigenvalue weighted by Gasteiger charge is 2.17. The van der Waals surface area contributed by atoms with Crippen molar-refractivity contribution in [1.82, 2.24) is 0 Å². The van der Waals surface area contributed by atoms with Gasteiger partial charge in [-0.3, -0.25) is 0 Å². The Morgan fingerprint density at radius 1 is 0.667 bits per heavy atom. The van der Waals surface area contributed by atoms with Gasteiger partial charge in [-0.15, -0.1) is 0 Å². The van der Waals surface area contributed by atoms with Gasteiger partial charge in [-0.05, 0) is 18.2 Å². The zero-order chi connectivity index (χ0) is 18.5. The number of ether oxygens (including phenoxy) is 1. The van der Waals surface area contributed by atoms with Gasteiger partial charge in [-0.25, -0.2) is 0 Å². The van der Waals surface area contributed by atoms with E-state index in [2.05, 4.69) is 18.2 Å². The van der Waals surface area contributed by atoms with Crippen molar-refractivity contribution >= 4 is 17.6 Å². The average molecular weight is 352 g/mol. The maximum atomic E-state index is 9.99. The predicted octanol–water partition coefficient (Wildman–Crippen LogP) is 6.13. The van der Waals surface area contributed by atoms with Crippen molar-refractivity contribution in [3.63, 3.8) is 0 Å². The molecule has 3 aromatic rings. The fraction of sp³-hybridized carbons (Fsp3) is 0.0400. The maximum Gasteiger partial charge on any atom is 0.131 e. The van der Waals surface area contributed by atoms with Crippen LogP contribution in [0.25, 0.3) is 17.6 Å². The molecule has 0 aliphatic carbocycles. The van der Waals surface area contributed by atoms with Gasteiger partial charge in [0, 0.05) is 22.6 Å². The summed E-state index contributed by atoms with van der Waals surface area (Å²) in [6.45, 7) is 0. The third-order valence-electron chi connectivity index (χ3n) is 4.46. The van der Waals surface area contributed by atoms with Gasteiger partial charge in [0.2, 0.25) is 0 Å². The van der Waals surface area contributed by atoms with E-state index in [-0.39, 0.29) is 11.7 Å². The van der Waals surface area contributed by atoms with E-state index in [9.17, 15) is 5.11 Å². The number of phenols is 1. The second-order valence-corrected chi connectivity index (χ2v) is 6.39. The van der Waals surface area contributed by atoms with Crippen LogP contribution >= 0.6 is 0 Å². The first-order chi connectivity index (χ1) is 13.3. The SMILES string of the molecule is Oc1ccccc1/C=C/C1C=C(c2ccccc2)OC(c2ccccc2)=C1. The van der Waals surface area contributed by atoms with E-state index in [1.807, 2.05) is 84.9 Å². The smallest absolute Gasteiger partial charge is 0.131 e. The Morgan fingerprint density at radius 2 is 1.19 bits per heavy atom. The standard InChI is InChI=1S/C25H20O2/c26-23-14-8-7-9-20(23)16-15-19-17-24(21-10-3-1-4-11-21)27-25(18-19)22-12-5-2-6-13-22/h1-19,26H/b16-15+. The van der Waals surface area contributed by atoms with Crippen LogP contribution in [-0.4, -0.2) is 5.11 Å². The molecule has 132 valence electrons. The summed E-state index contributed by atoms with van der Waals surface area (Å²) in [4.78, 5) is 0. The Labute approximate surface area is 159 Å². The lowest BCUT2D eigenvalue weighted by molar-refractivity contribution is 0.457. The van der Waals surface area contributed by atoms with Crippen molar-refractivity contribution in [3.05, 3.63) is 120 Å². The molecule has 0 aromatic heterocycles. The highest BCUT2D eigenvalue weighted by molar-refractivity contribution is 5.74. The highest BCUT2D eigenvalue weighted by Crippen LogP contribution is 2.33. The van der Waals surface area contributed by atoms with Gasteiger partial charge >= 0.3 is 0 Å². The van der Waals surface area contributed by atoms with Crippen LogP contribution in [0.2, 0.25) is 0 Å². The van der Waals surface area contributed by atoms with Crippen molar-refractivity contribution in [1.29, 1.82) is 0 Å². The number of hydrogen-bond donors (Lipinski definition) is 1. The summed E-state index contributed by atoms with van der Waals surface area (Å²) in [5.74, 6) is 2.01. The molecule has 27 heavy (non-hydrogen) atoms. The van der Waals surface area contributed by atoms with Gasteiger partial charge in [-0.2, -0.15) is 0 Å². The van der Waals surface area contributed by atoms with E-state index >= 15 is 0 Å². The molecule has 0 saturated carbocycles. The maximum absolute atomic E-state index is 9.99. The van der Waals surface area contributed by atoms with Crippen molar-refractivity contribution in [2.75, 3.05) is 0 Å². The Bertz CT molecular complexity index is 943. The molecule has 0 atom stereocenters. The molecule has 0 saturated heterocycles. The summed E-state index contributed by atoms with van der Waals surface area (Å²) in [5, 5.41) is 9.99. The summed E-state index contributed by atoms with van der Waals surface area (Å²) in [7, 11) is 0. The minimum absolute atomic E-state index is 0.0590. The average Bonchev–Trinajstić information content (AvgIpc) is 2.74. The van der Waals surface area contributed by atoms with Crippen LogP contribution in [-0.2, 0) is 4.74 Å². The number of benzene rings is 3. The van der Waals surface area contributed by atoms with Crippen LogP contribution in [0.15, 0.2) is 103 Å². The van der Waals surface area contributed by atoms with Crippen LogP contribution in [0, 0.1) is 5.92 Å². The molecule has 0 radical (unpaired) electrons. The lowest BCUT2D eigenvalue weighted by Gasteiger charge is -2.21. The molecule has 0 unspecified atom stereocenters. The number of para-hydroxylation sites is 1. The summed E-state index contributed by atoms with van der Waals surface area (Å²) in [6.07, 6.45) is 8.21. The van der Waals surface area contributed by atoms with Crippen LogP contribution in [0.4, 0.5) is 0 Å². The van der Waals surface area contributed by atoms with E-state index in [1.54, 1.807) is 6.07 Å². The molecular formula is C25H20O2. The van der Waals surface area contributed by atoms with E-state index in [4.69, 9.17) is 4.74 Å². The molecule has 2 nitrogen and oxygen atoms in total. The van der Waals surface area contributed by atoms with Gasteiger partial charge < -0.3 is 9.84 Å². The lowest BCUT2D eigenvalue weighted by atomic mass is 9.98. The lowest BCUT2D eigenvalue weighted by Crippen LogP contribution is -2.04. The van der Waals surface area contributed by atoms with Gasteiger partial charge in [0.05, 0.1) is 0 Å². The van der Waals surface area contributed by atoms with Crippen LogP contribution < -0.4 is 0 Å². The quantitative estimate of drug-likeness (QED) is 0.611. The van der Waals surface area contributed by atoms with Crippen LogP contribution in [0.5, 0.6) is 5.75 Å². The summed E-state index contributed by atoms with van der Waals surface area (Å²) < 4.78 is 6.20. The molecular weight excluding hydrogens is 332 g/mol. The van der Waals surface area contributed by atoms with E-state index in [1.165, 1.54) is 0 Å². The number of rotatable bonds is 4. The zero-order valence-electron chi connectivity index (χ0n) is 14.8. The van der Waals surface area contributed by atoms with Crippen LogP contribution in [0.3, 0.4) is 0 Å². The van der Waals surface area contributed by atoms with E-state index in [0.717, 1.165) is 28.2 Å². The van der Waals surface area contributed by atoms with Crippen molar-refractivity contribution in [2.45, 2.75) is 0 Å².